The summed E-state index contributed by atoms with van der Waals surface area (Å²) in [7, 11) is 0. The smallest absolute Gasteiger partial charge is 0.413 e. The van der Waals surface area contributed by atoms with E-state index in [1.165, 1.54) is 0 Å². The van der Waals surface area contributed by atoms with Gasteiger partial charge in [-0.05, 0) is 19.3 Å². The lowest BCUT2D eigenvalue weighted by Gasteiger charge is -2.11. The summed E-state index contributed by atoms with van der Waals surface area (Å²) in [5.74, 6) is 0.0685. The zero-order valence-electron chi connectivity index (χ0n) is 16.1. The van der Waals surface area contributed by atoms with Crippen LogP contribution in [0.3, 0.4) is 0 Å². The number of hydrogen-bond acceptors (Lipinski definition) is 5. The SMILES string of the molecule is CCCCCCOC(=O)NC(=NCCC)NC(=O)OCCCCCC. The number of ether oxygens (including phenoxy) is 2. The van der Waals surface area contributed by atoms with Crippen molar-refractivity contribution in [2.45, 2.75) is 78.6 Å². The Labute approximate surface area is 151 Å². The van der Waals surface area contributed by atoms with Crippen LogP contribution < -0.4 is 10.6 Å². The summed E-state index contributed by atoms with van der Waals surface area (Å²) >= 11 is 0. The Balaban J connectivity index is 4.13. The summed E-state index contributed by atoms with van der Waals surface area (Å²) in [6, 6.07) is 0. The molecule has 0 atom stereocenters. The van der Waals surface area contributed by atoms with Crippen LogP contribution in [-0.2, 0) is 9.47 Å². The highest BCUT2D eigenvalue weighted by Gasteiger charge is 2.11. The summed E-state index contributed by atoms with van der Waals surface area (Å²) in [5, 5.41) is 4.92. The van der Waals surface area contributed by atoms with E-state index in [1.54, 1.807) is 0 Å². The standard InChI is InChI=1S/C18H35N3O4/c1-4-7-9-11-14-24-17(22)20-16(19-13-6-3)21-18(23)25-15-12-10-8-5-2/h4-15H2,1-3H3,(H2,19,20,21,22,23). The number of amides is 2. The van der Waals surface area contributed by atoms with E-state index in [4.69, 9.17) is 9.47 Å². The predicted octanol–water partition coefficient (Wildman–Crippen LogP) is 4.37. The van der Waals surface area contributed by atoms with Crippen molar-refractivity contribution >= 4 is 18.1 Å². The van der Waals surface area contributed by atoms with Gasteiger partial charge in [0.1, 0.15) is 0 Å². The first-order chi connectivity index (χ1) is 12.1. The number of unbranched alkanes of at least 4 members (excludes halogenated alkanes) is 6. The first-order valence-electron chi connectivity index (χ1n) is 9.56. The number of carbonyl (C=O) groups is 2. The van der Waals surface area contributed by atoms with Crippen molar-refractivity contribution in [1.29, 1.82) is 0 Å². The minimum atomic E-state index is -0.616. The van der Waals surface area contributed by atoms with Gasteiger partial charge in [0.15, 0.2) is 0 Å². The Morgan fingerprint density at radius 3 is 1.60 bits per heavy atom. The van der Waals surface area contributed by atoms with Gasteiger partial charge in [-0.2, -0.15) is 0 Å². The number of guanidine groups is 1. The van der Waals surface area contributed by atoms with Gasteiger partial charge >= 0.3 is 12.2 Å². The molecule has 0 rings (SSSR count). The Morgan fingerprint density at radius 1 is 0.720 bits per heavy atom. The molecule has 0 aromatic heterocycles. The molecule has 0 bridgehead atoms. The molecule has 0 saturated heterocycles. The second kappa shape index (κ2) is 17.0. The summed E-state index contributed by atoms with van der Waals surface area (Å²) in [6.45, 7) is 7.41. The third-order valence-electron chi connectivity index (χ3n) is 3.40. The van der Waals surface area contributed by atoms with E-state index in [1.807, 2.05) is 6.92 Å². The zero-order chi connectivity index (χ0) is 18.8. The Morgan fingerprint density at radius 2 is 1.20 bits per heavy atom. The van der Waals surface area contributed by atoms with Gasteiger partial charge in [-0.15, -0.1) is 0 Å². The molecule has 0 fully saturated rings. The van der Waals surface area contributed by atoms with Crippen LogP contribution in [0.5, 0.6) is 0 Å². The van der Waals surface area contributed by atoms with Crippen LogP contribution in [0.1, 0.15) is 78.6 Å². The highest BCUT2D eigenvalue weighted by molar-refractivity contribution is 6.01. The molecule has 0 saturated carbocycles. The molecule has 2 N–H and O–H groups in total. The molecule has 0 heterocycles. The van der Waals surface area contributed by atoms with Crippen LogP contribution in [-0.4, -0.2) is 37.9 Å². The maximum atomic E-state index is 11.8. The average Bonchev–Trinajstić information content (AvgIpc) is 2.59. The van der Waals surface area contributed by atoms with Crippen LogP contribution in [0.4, 0.5) is 9.59 Å². The topological polar surface area (TPSA) is 89.0 Å². The second-order valence-electron chi connectivity index (χ2n) is 5.87. The minimum Gasteiger partial charge on any atom is -0.449 e. The monoisotopic (exact) mass is 357 g/mol. The molecular weight excluding hydrogens is 322 g/mol. The molecule has 2 amide bonds. The summed E-state index contributed by atoms with van der Waals surface area (Å²) in [6.07, 6.45) is 7.79. The molecule has 0 spiro atoms. The fraction of sp³-hybridized carbons (Fsp3) is 0.833. The molecule has 0 aliphatic rings. The number of nitrogens with one attached hydrogen (secondary N) is 2. The molecule has 0 aliphatic carbocycles. The highest BCUT2D eigenvalue weighted by atomic mass is 16.6. The molecule has 0 aliphatic heterocycles. The summed E-state index contributed by atoms with van der Waals surface area (Å²) in [5.41, 5.74) is 0. The van der Waals surface area contributed by atoms with Crippen molar-refractivity contribution in [3.05, 3.63) is 0 Å². The number of hydrogen-bond donors (Lipinski definition) is 2. The maximum absolute atomic E-state index is 11.8. The predicted molar refractivity (Wildman–Crippen MR) is 99.8 cm³/mol. The van der Waals surface area contributed by atoms with Crippen molar-refractivity contribution in [3.8, 4) is 0 Å². The molecule has 0 aromatic rings. The molecule has 0 aromatic carbocycles. The van der Waals surface area contributed by atoms with Gasteiger partial charge in [-0.1, -0.05) is 59.3 Å². The molecular formula is C18H35N3O4. The number of carbonyl (C=O) groups excluding carboxylic acids is 2. The first-order valence-corrected chi connectivity index (χ1v) is 9.56. The number of nitrogens with zero attached hydrogens (tertiary/aromatic N) is 1. The van der Waals surface area contributed by atoms with E-state index >= 15 is 0 Å². The molecule has 0 radical (unpaired) electrons. The number of rotatable bonds is 12. The lowest BCUT2D eigenvalue weighted by Crippen LogP contribution is -2.44. The van der Waals surface area contributed by atoms with E-state index in [-0.39, 0.29) is 5.96 Å². The van der Waals surface area contributed by atoms with Gasteiger partial charge in [-0.25, -0.2) is 9.59 Å². The van der Waals surface area contributed by atoms with E-state index in [2.05, 4.69) is 29.5 Å². The lowest BCUT2D eigenvalue weighted by atomic mass is 10.2. The van der Waals surface area contributed by atoms with Crippen LogP contribution >= 0.6 is 0 Å². The van der Waals surface area contributed by atoms with Crippen molar-refractivity contribution in [2.24, 2.45) is 4.99 Å². The van der Waals surface area contributed by atoms with Gasteiger partial charge in [-0.3, -0.25) is 15.6 Å². The second-order valence-corrected chi connectivity index (χ2v) is 5.87. The maximum Gasteiger partial charge on any atom is 0.413 e. The van der Waals surface area contributed by atoms with Gasteiger partial charge in [0, 0.05) is 6.54 Å². The minimum absolute atomic E-state index is 0.0685. The van der Waals surface area contributed by atoms with Gasteiger partial charge in [0.05, 0.1) is 13.2 Å². The summed E-state index contributed by atoms with van der Waals surface area (Å²) in [4.78, 5) is 27.6. The molecule has 7 heteroatoms. The summed E-state index contributed by atoms with van der Waals surface area (Å²) < 4.78 is 10.2. The third kappa shape index (κ3) is 15.5. The van der Waals surface area contributed by atoms with Crippen LogP contribution in [0.25, 0.3) is 0 Å². The van der Waals surface area contributed by atoms with E-state index in [0.29, 0.717) is 19.8 Å². The molecule has 0 unspecified atom stereocenters. The van der Waals surface area contributed by atoms with Crippen LogP contribution in [0.15, 0.2) is 4.99 Å². The Kier molecular flexibility index (Phi) is 15.8. The van der Waals surface area contributed by atoms with Gasteiger partial charge in [0.25, 0.3) is 0 Å². The molecule has 7 nitrogen and oxygen atoms in total. The van der Waals surface area contributed by atoms with Crippen LogP contribution in [0, 0.1) is 0 Å². The highest BCUT2D eigenvalue weighted by Crippen LogP contribution is 2.00. The fourth-order valence-corrected chi connectivity index (χ4v) is 1.99. The van der Waals surface area contributed by atoms with Crippen molar-refractivity contribution in [3.63, 3.8) is 0 Å². The largest absolute Gasteiger partial charge is 0.449 e. The van der Waals surface area contributed by atoms with Gasteiger partial charge < -0.3 is 9.47 Å². The molecule has 25 heavy (non-hydrogen) atoms. The van der Waals surface area contributed by atoms with Gasteiger partial charge in [0.2, 0.25) is 5.96 Å². The fourth-order valence-electron chi connectivity index (χ4n) is 1.99. The third-order valence-corrected chi connectivity index (χ3v) is 3.40. The Bertz CT molecular complexity index is 357. The van der Waals surface area contributed by atoms with Crippen molar-refractivity contribution in [1.82, 2.24) is 10.6 Å². The number of aliphatic imine (C=N–C) groups is 1. The van der Waals surface area contributed by atoms with Crippen LogP contribution in [0.2, 0.25) is 0 Å². The van der Waals surface area contributed by atoms with E-state index in [0.717, 1.165) is 57.8 Å². The average molecular weight is 357 g/mol. The zero-order valence-corrected chi connectivity index (χ0v) is 16.1. The van der Waals surface area contributed by atoms with Crippen molar-refractivity contribution < 1.29 is 19.1 Å². The quantitative estimate of drug-likeness (QED) is 0.308. The first kappa shape index (κ1) is 23.2. The lowest BCUT2D eigenvalue weighted by molar-refractivity contribution is 0.146. The van der Waals surface area contributed by atoms with E-state index in [9.17, 15) is 9.59 Å². The Hall–Kier alpha value is -1.79. The van der Waals surface area contributed by atoms with E-state index < -0.39 is 12.2 Å². The molecule has 146 valence electrons. The van der Waals surface area contributed by atoms with Crippen molar-refractivity contribution in [2.75, 3.05) is 19.8 Å². The number of alkyl carbamates (subject to hydrolysis) is 2. The normalized spacial score (nSPS) is 10.0.